The summed E-state index contributed by atoms with van der Waals surface area (Å²) >= 11 is 0. The molecule has 1 fully saturated rings. The van der Waals surface area contributed by atoms with E-state index in [1.165, 1.54) is 0 Å². The topological polar surface area (TPSA) is 104 Å². The number of aromatic amines is 1. The van der Waals surface area contributed by atoms with E-state index >= 15 is 0 Å². The highest BCUT2D eigenvalue weighted by molar-refractivity contribution is 7.89. The van der Waals surface area contributed by atoms with Crippen LogP contribution in [0.3, 0.4) is 0 Å². The molecule has 1 saturated heterocycles. The minimum Gasteiger partial charge on any atom is -0.392 e. The van der Waals surface area contributed by atoms with E-state index in [2.05, 4.69) is 14.9 Å². The predicted molar refractivity (Wildman–Crippen MR) is 68.0 cm³/mol. The zero-order valence-corrected chi connectivity index (χ0v) is 11.7. The molecule has 0 saturated carbocycles. The molecule has 0 aliphatic carbocycles. The van der Waals surface area contributed by atoms with Gasteiger partial charge in [0.1, 0.15) is 0 Å². The fourth-order valence-corrected chi connectivity index (χ4v) is 3.38. The lowest BCUT2D eigenvalue weighted by atomic mass is 10.0. The van der Waals surface area contributed by atoms with Crippen molar-refractivity contribution in [3.63, 3.8) is 0 Å². The van der Waals surface area contributed by atoms with E-state index in [-0.39, 0.29) is 11.6 Å². The van der Waals surface area contributed by atoms with Crippen LogP contribution in [0, 0.1) is 12.8 Å². The maximum atomic E-state index is 12.1. The summed E-state index contributed by atoms with van der Waals surface area (Å²) in [5.74, 6) is 0.293. The molecule has 0 bridgehead atoms. The second-order valence-electron chi connectivity index (χ2n) is 4.70. The Bertz CT molecular complexity index is 520. The van der Waals surface area contributed by atoms with Gasteiger partial charge in [-0.2, -0.15) is 5.10 Å². The first-order valence-corrected chi connectivity index (χ1v) is 7.75. The molecule has 2 heterocycles. The molecule has 8 heteroatoms. The second kappa shape index (κ2) is 6.00. The maximum Gasteiger partial charge on any atom is 0.260 e. The van der Waals surface area contributed by atoms with E-state index in [4.69, 9.17) is 4.74 Å². The maximum absolute atomic E-state index is 12.1. The molecule has 2 rings (SSSR count). The number of sulfonamides is 1. The average molecular weight is 289 g/mol. The Morgan fingerprint density at radius 3 is 2.79 bits per heavy atom. The van der Waals surface area contributed by atoms with Crippen LogP contribution >= 0.6 is 0 Å². The minimum atomic E-state index is -3.67. The monoisotopic (exact) mass is 289 g/mol. The lowest BCUT2D eigenvalue weighted by molar-refractivity contribution is 0.0678. The van der Waals surface area contributed by atoms with E-state index in [9.17, 15) is 13.5 Å². The fourth-order valence-electron chi connectivity index (χ4n) is 2.08. The highest BCUT2D eigenvalue weighted by atomic mass is 32.2. The van der Waals surface area contributed by atoms with Crippen LogP contribution in [0.5, 0.6) is 0 Å². The van der Waals surface area contributed by atoms with Crippen molar-refractivity contribution in [3.8, 4) is 0 Å². The Balaban J connectivity index is 2.05. The summed E-state index contributed by atoms with van der Waals surface area (Å²) in [7, 11) is -3.67. The first kappa shape index (κ1) is 14.4. The SMILES string of the molecule is Cc1[nH]nc(S(=O)(=O)NCC2CCOCC2)c1CO. The lowest BCUT2D eigenvalue weighted by Gasteiger charge is -2.21. The van der Waals surface area contributed by atoms with E-state index in [0.717, 1.165) is 12.8 Å². The van der Waals surface area contributed by atoms with Crippen molar-refractivity contribution in [2.75, 3.05) is 19.8 Å². The summed E-state index contributed by atoms with van der Waals surface area (Å²) in [5.41, 5.74) is 0.883. The van der Waals surface area contributed by atoms with Gasteiger partial charge in [0.2, 0.25) is 0 Å². The van der Waals surface area contributed by atoms with Crippen LogP contribution in [0.15, 0.2) is 5.03 Å². The second-order valence-corrected chi connectivity index (χ2v) is 6.38. The van der Waals surface area contributed by atoms with E-state index in [0.29, 0.717) is 36.9 Å². The quantitative estimate of drug-likeness (QED) is 0.703. The number of nitrogens with one attached hydrogen (secondary N) is 2. The van der Waals surface area contributed by atoms with Gasteiger partial charge >= 0.3 is 0 Å². The van der Waals surface area contributed by atoms with Crippen molar-refractivity contribution in [1.29, 1.82) is 0 Å². The molecule has 1 aliphatic heterocycles. The molecule has 1 aromatic heterocycles. The molecule has 1 aliphatic rings. The summed E-state index contributed by atoms with van der Waals surface area (Å²) in [4.78, 5) is 0. The highest BCUT2D eigenvalue weighted by Crippen LogP contribution is 2.18. The molecule has 1 aromatic rings. The molecule has 7 nitrogen and oxygen atoms in total. The first-order valence-electron chi connectivity index (χ1n) is 6.26. The van der Waals surface area contributed by atoms with Crippen LogP contribution in [0.2, 0.25) is 0 Å². The Hall–Kier alpha value is -0.960. The smallest absolute Gasteiger partial charge is 0.260 e. The van der Waals surface area contributed by atoms with Crippen LogP contribution in [0.25, 0.3) is 0 Å². The van der Waals surface area contributed by atoms with Crippen molar-refractivity contribution >= 4 is 10.0 Å². The molecule has 108 valence electrons. The van der Waals surface area contributed by atoms with Crippen LogP contribution in [0.1, 0.15) is 24.1 Å². The van der Waals surface area contributed by atoms with Gasteiger partial charge in [-0.25, -0.2) is 13.1 Å². The van der Waals surface area contributed by atoms with Crippen molar-refractivity contribution < 1.29 is 18.3 Å². The number of H-pyrrole nitrogens is 1. The third-order valence-electron chi connectivity index (χ3n) is 3.35. The molecule has 0 atom stereocenters. The van der Waals surface area contributed by atoms with Crippen molar-refractivity contribution in [2.24, 2.45) is 5.92 Å². The first-order chi connectivity index (χ1) is 9.04. The largest absolute Gasteiger partial charge is 0.392 e. The highest BCUT2D eigenvalue weighted by Gasteiger charge is 2.24. The Morgan fingerprint density at radius 2 is 2.16 bits per heavy atom. The average Bonchev–Trinajstić information content (AvgIpc) is 2.79. The molecule has 3 N–H and O–H groups in total. The Kier molecular flexibility index (Phi) is 4.56. The van der Waals surface area contributed by atoms with Crippen LogP contribution in [-0.2, 0) is 21.4 Å². The zero-order chi connectivity index (χ0) is 13.9. The Labute approximate surface area is 112 Å². The number of rotatable bonds is 5. The van der Waals surface area contributed by atoms with E-state index < -0.39 is 10.0 Å². The molecule has 0 radical (unpaired) electrons. The molecule has 0 unspecified atom stereocenters. The Morgan fingerprint density at radius 1 is 1.47 bits per heavy atom. The number of ether oxygens (including phenoxy) is 1. The van der Waals surface area contributed by atoms with Crippen molar-refractivity contribution in [3.05, 3.63) is 11.3 Å². The van der Waals surface area contributed by atoms with Gasteiger partial charge in [-0.1, -0.05) is 0 Å². The number of hydrogen-bond donors (Lipinski definition) is 3. The zero-order valence-electron chi connectivity index (χ0n) is 10.8. The molecule has 0 amide bonds. The van der Waals surface area contributed by atoms with Gasteiger partial charge in [-0.15, -0.1) is 0 Å². The van der Waals surface area contributed by atoms with Crippen LogP contribution in [0.4, 0.5) is 0 Å². The predicted octanol–water partition coefficient (Wildman–Crippen LogP) is -0.0847. The van der Waals surface area contributed by atoms with Gasteiger partial charge in [-0.05, 0) is 25.7 Å². The number of hydrogen-bond acceptors (Lipinski definition) is 5. The van der Waals surface area contributed by atoms with E-state index in [1.807, 2.05) is 0 Å². The van der Waals surface area contributed by atoms with E-state index in [1.54, 1.807) is 6.92 Å². The van der Waals surface area contributed by atoms with Gasteiger partial charge in [-0.3, -0.25) is 5.10 Å². The minimum absolute atomic E-state index is 0.112. The van der Waals surface area contributed by atoms with Crippen LogP contribution in [-0.4, -0.2) is 43.5 Å². The normalized spacial score (nSPS) is 17.8. The number of aliphatic hydroxyl groups is 1. The number of aliphatic hydroxyl groups excluding tert-OH is 1. The van der Waals surface area contributed by atoms with Gasteiger partial charge < -0.3 is 9.84 Å². The number of aryl methyl sites for hydroxylation is 1. The van der Waals surface area contributed by atoms with Gasteiger partial charge in [0, 0.05) is 31.0 Å². The van der Waals surface area contributed by atoms with Crippen LogP contribution < -0.4 is 4.72 Å². The molecule has 19 heavy (non-hydrogen) atoms. The van der Waals surface area contributed by atoms with Gasteiger partial charge in [0.05, 0.1) is 6.61 Å². The summed E-state index contributed by atoms with van der Waals surface area (Å²) in [6.07, 6.45) is 1.71. The number of aromatic nitrogens is 2. The third-order valence-corrected chi connectivity index (χ3v) is 4.75. The molecule has 0 aromatic carbocycles. The summed E-state index contributed by atoms with van der Waals surface area (Å²) in [5, 5.41) is 15.4. The molecular weight excluding hydrogens is 270 g/mol. The van der Waals surface area contributed by atoms with Gasteiger partial charge in [0.15, 0.2) is 5.03 Å². The molecule has 0 spiro atoms. The summed E-state index contributed by atoms with van der Waals surface area (Å²) in [6.45, 7) is 3.06. The van der Waals surface area contributed by atoms with Gasteiger partial charge in [0.25, 0.3) is 10.0 Å². The van der Waals surface area contributed by atoms with Crippen molar-refractivity contribution in [1.82, 2.24) is 14.9 Å². The molecular formula is C11H19N3O4S. The number of nitrogens with zero attached hydrogens (tertiary/aromatic N) is 1. The fraction of sp³-hybridized carbons (Fsp3) is 0.727. The summed E-state index contributed by atoms with van der Waals surface area (Å²) < 4.78 is 32.0. The van der Waals surface area contributed by atoms with Crippen molar-refractivity contribution in [2.45, 2.75) is 31.4 Å². The third kappa shape index (κ3) is 3.33. The standard InChI is InChI=1S/C11H19N3O4S/c1-8-10(7-15)11(14-13-8)19(16,17)12-6-9-2-4-18-5-3-9/h9,12,15H,2-7H2,1H3,(H,13,14). The lowest BCUT2D eigenvalue weighted by Crippen LogP contribution is -2.32. The summed E-state index contributed by atoms with van der Waals surface area (Å²) in [6, 6.07) is 0.